The highest BCUT2D eigenvalue weighted by Crippen LogP contribution is 2.17. The molecule has 0 unspecified atom stereocenters. The molecular weight excluding hydrogens is 270 g/mol. The highest BCUT2D eigenvalue weighted by atomic mass is 35.5. The number of hydrogen-bond donors (Lipinski definition) is 1. The van der Waals surface area contributed by atoms with E-state index in [9.17, 15) is 0 Å². The number of hydrogen-bond acceptors (Lipinski definition) is 3. The maximum absolute atomic E-state index is 6.18. The first-order chi connectivity index (χ1) is 9.49. The van der Waals surface area contributed by atoms with Crippen LogP contribution in [-0.4, -0.2) is 55.1 Å². The van der Waals surface area contributed by atoms with Gasteiger partial charge in [-0.3, -0.25) is 4.90 Å². The third-order valence-corrected chi connectivity index (χ3v) is 4.56. The molecule has 20 heavy (non-hydrogen) atoms. The lowest BCUT2D eigenvalue weighted by molar-refractivity contribution is 0.0618. The smallest absolute Gasteiger partial charge is 0.0450 e. The zero-order valence-corrected chi connectivity index (χ0v) is 13.6. The summed E-state index contributed by atoms with van der Waals surface area (Å²) in [7, 11) is 2.19. The number of nitrogens with zero attached hydrogens (tertiary/aromatic N) is 2. The second-order valence-corrected chi connectivity index (χ2v) is 6.70. The summed E-state index contributed by atoms with van der Waals surface area (Å²) in [4.78, 5) is 4.97. The van der Waals surface area contributed by atoms with Gasteiger partial charge in [-0.05, 0) is 32.5 Å². The van der Waals surface area contributed by atoms with Crippen LogP contribution in [-0.2, 0) is 6.54 Å². The normalized spacial score (nSPS) is 18.4. The predicted molar refractivity (Wildman–Crippen MR) is 86.3 cm³/mol. The van der Waals surface area contributed by atoms with Crippen LogP contribution in [0.25, 0.3) is 0 Å². The summed E-state index contributed by atoms with van der Waals surface area (Å²) in [6, 6.07) is 8.04. The highest BCUT2D eigenvalue weighted by Gasteiger charge is 2.28. The molecule has 112 valence electrons. The molecule has 0 atom stereocenters. The average Bonchev–Trinajstić information content (AvgIpc) is 2.41. The molecule has 1 aliphatic rings. The van der Waals surface area contributed by atoms with Crippen molar-refractivity contribution in [2.75, 3.05) is 39.8 Å². The van der Waals surface area contributed by atoms with Crippen LogP contribution in [0, 0.1) is 0 Å². The van der Waals surface area contributed by atoms with Gasteiger partial charge >= 0.3 is 0 Å². The first-order valence-electron chi connectivity index (χ1n) is 7.37. The molecule has 1 N–H and O–H groups in total. The summed E-state index contributed by atoms with van der Waals surface area (Å²) >= 11 is 6.18. The first kappa shape index (κ1) is 15.8. The Bertz CT molecular complexity index is 425. The van der Waals surface area contributed by atoms with Crippen LogP contribution < -0.4 is 5.32 Å². The zero-order chi connectivity index (χ0) is 14.6. The van der Waals surface area contributed by atoms with Gasteiger partial charge < -0.3 is 10.2 Å². The van der Waals surface area contributed by atoms with E-state index in [0.29, 0.717) is 0 Å². The molecule has 0 spiro atoms. The third-order valence-electron chi connectivity index (χ3n) is 4.19. The fraction of sp³-hybridized carbons (Fsp3) is 0.625. The Morgan fingerprint density at radius 3 is 2.45 bits per heavy atom. The Morgan fingerprint density at radius 1 is 1.15 bits per heavy atom. The van der Waals surface area contributed by atoms with Gasteiger partial charge in [0.25, 0.3) is 0 Å². The third kappa shape index (κ3) is 4.19. The van der Waals surface area contributed by atoms with Gasteiger partial charge in [0.2, 0.25) is 0 Å². The second-order valence-electron chi connectivity index (χ2n) is 6.30. The van der Waals surface area contributed by atoms with Gasteiger partial charge in [0.1, 0.15) is 0 Å². The van der Waals surface area contributed by atoms with Crippen molar-refractivity contribution in [2.45, 2.75) is 25.9 Å². The largest absolute Gasteiger partial charge is 0.311 e. The molecule has 4 heteroatoms. The Morgan fingerprint density at radius 2 is 1.80 bits per heavy atom. The lowest BCUT2D eigenvalue weighted by Crippen LogP contribution is -2.57. The number of piperazine rings is 1. The van der Waals surface area contributed by atoms with E-state index in [1.54, 1.807) is 0 Å². The molecule has 1 saturated heterocycles. The van der Waals surface area contributed by atoms with Gasteiger partial charge in [0.15, 0.2) is 0 Å². The van der Waals surface area contributed by atoms with Crippen LogP contribution >= 0.6 is 11.6 Å². The number of nitrogens with one attached hydrogen (secondary N) is 1. The summed E-state index contributed by atoms with van der Waals surface area (Å²) in [6.45, 7) is 11.1. The van der Waals surface area contributed by atoms with Gasteiger partial charge in [0.05, 0.1) is 0 Å². The lowest BCUT2D eigenvalue weighted by Gasteiger charge is -2.43. The van der Waals surface area contributed by atoms with Crippen molar-refractivity contribution in [1.82, 2.24) is 15.1 Å². The topological polar surface area (TPSA) is 18.5 Å². The molecule has 0 aromatic heterocycles. The molecule has 1 aliphatic heterocycles. The van der Waals surface area contributed by atoms with Crippen molar-refractivity contribution in [3.05, 3.63) is 34.9 Å². The van der Waals surface area contributed by atoms with Gasteiger partial charge in [0, 0.05) is 49.8 Å². The summed E-state index contributed by atoms with van der Waals surface area (Å²) < 4.78 is 0. The number of rotatable bonds is 5. The molecule has 0 amide bonds. The van der Waals surface area contributed by atoms with E-state index in [1.165, 1.54) is 5.56 Å². The van der Waals surface area contributed by atoms with Gasteiger partial charge in [-0.2, -0.15) is 0 Å². The van der Waals surface area contributed by atoms with Crippen molar-refractivity contribution >= 4 is 11.6 Å². The van der Waals surface area contributed by atoms with E-state index in [1.807, 2.05) is 18.2 Å². The van der Waals surface area contributed by atoms with Crippen molar-refractivity contribution < 1.29 is 0 Å². The summed E-state index contributed by atoms with van der Waals surface area (Å²) in [6.07, 6.45) is 0. The Hall–Kier alpha value is -0.610. The molecule has 1 aromatic carbocycles. The monoisotopic (exact) mass is 295 g/mol. The van der Waals surface area contributed by atoms with Gasteiger partial charge in [-0.1, -0.05) is 29.8 Å². The molecule has 0 aliphatic carbocycles. The maximum Gasteiger partial charge on any atom is 0.0450 e. The first-order valence-corrected chi connectivity index (χ1v) is 7.74. The van der Waals surface area contributed by atoms with Crippen LogP contribution in [0.2, 0.25) is 5.02 Å². The molecule has 0 saturated carbocycles. The van der Waals surface area contributed by atoms with E-state index in [4.69, 9.17) is 11.6 Å². The minimum absolute atomic E-state index is 0.183. The summed E-state index contributed by atoms with van der Waals surface area (Å²) in [5.74, 6) is 0. The minimum atomic E-state index is 0.183. The standard InChI is InChI=1S/C16H26ClN3/c1-16(2,20-10-8-19(3)9-11-20)13-18-12-14-6-4-5-7-15(14)17/h4-7,18H,8-13H2,1-3H3. The number of likely N-dealkylation sites (N-methyl/N-ethyl adjacent to an activating group) is 1. The fourth-order valence-electron chi connectivity index (χ4n) is 2.67. The van der Waals surface area contributed by atoms with Gasteiger partial charge in [-0.25, -0.2) is 0 Å². The number of halogens is 1. The molecule has 1 heterocycles. The molecule has 0 bridgehead atoms. The molecule has 0 radical (unpaired) electrons. The average molecular weight is 296 g/mol. The lowest BCUT2D eigenvalue weighted by atomic mass is 10.0. The Labute approximate surface area is 127 Å². The van der Waals surface area contributed by atoms with Crippen LogP contribution in [0.4, 0.5) is 0 Å². The van der Waals surface area contributed by atoms with Crippen LogP contribution in [0.5, 0.6) is 0 Å². The molecule has 1 aromatic rings. The van der Waals surface area contributed by atoms with Crippen molar-refractivity contribution in [3.8, 4) is 0 Å². The molecular formula is C16H26ClN3. The van der Waals surface area contributed by atoms with Crippen molar-refractivity contribution in [3.63, 3.8) is 0 Å². The van der Waals surface area contributed by atoms with Crippen molar-refractivity contribution in [1.29, 1.82) is 0 Å². The Kier molecular flexibility index (Phi) is 5.44. The fourth-order valence-corrected chi connectivity index (χ4v) is 2.87. The summed E-state index contributed by atoms with van der Waals surface area (Å²) in [5, 5.41) is 4.40. The maximum atomic E-state index is 6.18. The molecule has 2 rings (SSSR count). The van der Waals surface area contributed by atoms with E-state index >= 15 is 0 Å². The van der Waals surface area contributed by atoms with Crippen molar-refractivity contribution in [2.24, 2.45) is 0 Å². The zero-order valence-electron chi connectivity index (χ0n) is 12.8. The number of benzene rings is 1. The quantitative estimate of drug-likeness (QED) is 0.900. The Balaban J connectivity index is 1.82. The highest BCUT2D eigenvalue weighted by molar-refractivity contribution is 6.31. The molecule has 3 nitrogen and oxygen atoms in total. The second kappa shape index (κ2) is 6.90. The van der Waals surface area contributed by atoms with E-state index < -0.39 is 0 Å². The SMILES string of the molecule is CN1CCN(C(C)(C)CNCc2ccccc2Cl)CC1. The van der Waals surface area contributed by atoms with Gasteiger partial charge in [-0.15, -0.1) is 0 Å². The van der Waals surface area contributed by atoms with Crippen LogP contribution in [0.1, 0.15) is 19.4 Å². The molecule has 1 fully saturated rings. The van der Waals surface area contributed by atoms with E-state index in [2.05, 4.69) is 42.1 Å². The van der Waals surface area contributed by atoms with Crippen LogP contribution in [0.3, 0.4) is 0 Å². The summed E-state index contributed by atoms with van der Waals surface area (Å²) in [5.41, 5.74) is 1.35. The minimum Gasteiger partial charge on any atom is -0.311 e. The van der Waals surface area contributed by atoms with Crippen LogP contribution in [0.15, 0.2) is 24.3 Å². The predicted octanol–water partition coefficient (Wildman–Crippen LogP) is 2.46. The van der Waals surface area contributed by atoms with E-state index in [-0.39, 0.29) is 5.54 Å². The van der Waals surface area contributed by atoms with E-state index in [0.717, 1.165) is 44.3 Å².